The van der Waals surface area contributed by atoms with Gasteiger partial charge < -0.3 is 9.64 Å². The Morgan fingerprint density at radius 1 is 1.14 bits per heavy atom. The summed E-state index contributed by atoms with van der Waals surface area (Å²) < 4.78 is 5.91. The molecule has 1 N–H and O–H groups in total. The normalized spacial score (nSPS) is 23.7. The van der Waals surface area contributed by atoms with Gasteiger partial charge >= 0.3 is 0 Å². The lowest BCUT2D eigenvalue weighted by atomic mass is 9.98. The Hall–Kier alpha value is -1.39. The van der Waals surface area contributed by atoms with Crippen LogP contribution >= 0.6 is 0 Å². The van der Waals surface area contributed by atoms with Crippen molar-refractivity contribution in [1.29, 1.82) is 0 Å². The van der Waals surface area contributed by atoms with Crippen molar-refractivity contribution >= 4 is 5.91 Å². The summed E-state index contributed by atoms with van der Waals surface area (Å²) in [5.41, 5.74) is 1.04. The molecule has 1 aromatic rings. The quantitative estimate of drug-likeness (QED) is 0.905. The molecule has 2 aliphatic rings. The van der Waals surface area contributed by atoms with Gasteiger partial charge in [-0.05, 0) is 18.4 Å². The number of ether oxygens (including phenoxy) is 1. The van der Waals surface area contributed by atoms with E-state index >= 15 is 0 Å². The van der Waals surface area contributed by atoms with Crippen LogP contribution in [0.5, 0.6) is 0 Å². The molecule has 0 radical (unpaired) electrons. The zero-order valence-corrected chi connectivity index (χ0v) is 12.5. The topological polar surface area (TPSA) is 41.6 Å². The zero-order valence-electron chi connectivity index (χ0n) is 12.5. The second kappa shape index (κ2) is 7.05. The first-order valence-electron chi connectivity index (χ1n) is 8.03. The highest BCUT2D eigenvalue weighted by molar-refractivity contribution is 5.85. The summed E-state index contributed by atoms with van der Waals surface area (Å²) in [6, 6.07) is 9.72. The van der Waals surface area contributed by atoms with E-state index in [0.29, 0.717) is 25.9 Å². The Labute approximate surface area is 126 Å². The van der Waals surface area contributed by atoms with Gasteiger partial charge in [0.1, 0.15) is 6.04 Å². The van der Waals surface area contributed by atoms with Gasteiger partial charge in [-0.25, -0.2) is 0 Å². The zero-order chi connectivity index (χ0) is 14.5. The molecule has 0 aromatic heterocycles. The average Bonchev–Trinajstić information content (AvgIpc) is 2.90. The monoisotopic (exact) mass is 288 g/mol. The molecule has 4 nitrogen and oxygen atoms in total. The molecule has 0 spiro atoms. The maximum atomic E-state index is 12.4. The van der Waals surface area contributed by atoms with Crippen LogP contribution < -0.4 is 5.32 Å². The number of carbonyl (C=O) groups is 1. The molecular weight excluding hydrogens is 264 g/mol. The third-order valence-corrected chi connectivity index (χ3v) is 4.44. The average molecular weight is 288 g/mol. The van der Waals surface area contributed by atoms with Gasteiger partial charge in [-0.15, -0.1) is 0 Å². The van der Waals surface area contributed by atoms with Gasteiger partial charge in [0.2, 0.25) is 5.91 Å². The van der Waals surface area contributed by atoms with Gasteiger partial charge in [0.25, 0.3) is 0 Å². The first-order chi connectivity index (χ1) is 10.3. The van der Waals surface area contributed by atoms with Crippen molar-refractivity contribution in [3.8, 4) is 0 Å². The van der Waals surface area contributed by atoms with Gasteiger partial charge in [-0.1, -0.05) is 49.6 Å². The lowest BCUT2D eigenvalue weighted by Gasteiger charge is -2.23. The third kappa shape index (κ3) is 3.63. The summed E-state index contributed by atoms with van der Waals surface area (Å²) in [7, 11) is 0. The van der Waals surface area contributed by atoms with Gasteiger partial charge in [-0.3, -0.25) is 10.1 Å². The fourth-order valence-electron chi connectivity index (χ4n) is 3.21. The Kier molecular flexibility index (Phi) is 4.88. The van der Waals surface area contributed by atoms with E-state index in [9.17, 15) is 4.79 Å². The molecule has 1 heterocycles. The van der Waals surface area contributed by atoms with E-state index in [1.165, 1.54) is 32.1 Å². The van der Waals surface area contributed by atoms with Crippen molar-refractivity contribution in [2.24, 2.45) is 0 Å². The predicted molar refractivity (Wildman–Crippen MR) is 81.7 cm³/mol. The largest absolute Gasteiger partial charge is 0.376 e. The number of rotatable bonds is 5. The van der Waals surface area contributed by atoms with Crippen LogP contribution in [0, 0.1) is 0 Å². The molecule has 1 unspecified atom stereocenters. The van der Waals surface area contributed by atoms with Crippen LogP contribution in [0.15, 0.2) is 30.3 Å². The molecule has 2 fully saturated rings. The highest BCUT2D eigenvalue weighted by Crippen LogP contribution is 2.22. The van der Waals surface area contributed by atoms with E-state index in [4.69, 9.17) is 4.74 Å². The van der Waals surface area contributed by atoms with Crippen molar-refractivity contribution in [1.82, 2.24) is 10.2 Å². The minimum Gasteiger partial charge on any atom is -0.376 e. The molecule has 1 atom stereocenters. The molecule has 4 heteroatoms. The maximum absolute atomic E-state index is 12.4. The lowest BCUT2D eigenvalue weighted by molar-refractivity contribution is -0.130. The summed E-state index contributed by atoms with van der Waals surface area (Å²) in [6.45, 7) is 1.96. The molecule has 3 rings (SSSR count). The Balaban J connectivity index is 1.46. The van der Waals surface area contributed by atoms with E-state index in [1.807, 2.05) is 35.2 Å². The van der Waals surface area contributed by atoms with Crippen LogP contribution in [0.4, 0.5) is 0 Å². The molecule has 1 aromatic carbocycles. The number of nitrogens with one attached hydrogen (secondary N) is 1. The van der Waals surface area contributed by atoms with Crippen molar-refractivity contribution in [2.75, 3.05) is 19.8 Å². The number of hydrogen-bond donors (Lipinski definition) is 1. The predicted octanol–water partition coefficient (Wildman–Crippen LogP) is 2.47. The number of nitrogens with zero attached hydrogens (tertiary/aromatic N) is 1. The maximum Gasteiger partial charge on any atom is 0.245 e. The SMILES string of the molecule is O=C1C(c2ccccc2)NCN1CCOC1CCCCC1. The molecule has 114 valence electrons. The number of amides is 1. The van der Waals surface area contributed by atoms with Gasteiger partial charge in [0.05, 0.1) is 19.4 Å². The third-order valence-electron chi connectivity index (χ3n) is 4.44. The van der Waals surface area contributed by atoms with E-state index in [1.54, 1.807) is 0 Å². The first-order valence-corrected chi connectivity index (χ1v) is 8.03. The molecule has 1 aliphatic carbocycles. The second-order valence-electron chi connectivity index (χ2n) is 5.94. The second-order valence-corrected chi connectivity index (χ2v) is 5.94. The number of carbonyl (C=O) groups excluding carboxylic acids is 1. The van der Waals surface area contributed by atoms with E-state index in [2.05, 4.69) is 5.32 Å². The minimum absolute atomic E-state index is 0.161. The molecular formula is C17H24N2O2. The fourth-order valence-corrected chi connectivity index (χ4v) is 3.21. The van der Waals surface area contributed by atoms with Crippen LogP contribution in [0.3, 0.4) is 0 Å². The van der Waals surface area contributed by atoms with Crippen molar-refractivity contribution in [3.63, 3.8) is 0 Å². The highest BCUT2D eigenvalue weighted by Gasteiger charge is 2.31. The van der Waals surface area contributed by atoms with Crippen LogP contribution in [-0.4, -0.2) is 36.7 Å². The number of hydrogen-bond acceptors (Lipinski definition) is 3. The fraction of sp³-hybridized carbons (Fsp3) is 0.588. The summed E-state index contributed by atoms with van der Waals surface area (Å²) in [4.78, 5) is 14.3. The highest BCUT2D eigenvalue weighted by atomic mass is 16.5. The van der Waals surface area contributed by atoms with Gasteiger partial charge in [-0.2, -0.15) is 0 Å². The molecule has 1 amide bonds. The smallest absolute Gasteiger partial charge is 0.245 e. The van der Waals surface area contributed by atoms with E-state index < -0.39 is 0 Å². The summed E-state index contributed by atoms with van der Waals surface area (Å²) in [5, 5.41) is 3.28. The van der Waals surface area contributed by atoms with Crippen LogP contribution in [0.1, 0.15) is 43.7 Å². The van der Waals surface area contributed by atoms with E-state index in [-0.39, 0.29) is 11.9 Å². The van der Waals surface area contributed by atoms with Crippen LogP contribution in [-0.2, 0) is 9.53 Å². The van der Waals surface area contributed by atoms with Crippen molar-refractivity contribution < 1.29 is 9.53 Å². The van der Waals surface area contributed by atoms with Crippen molar-refractivity contribution in [3.05, 3.63) is 35.9 Å². The minimum atomic E-state index is -0.194. The van der Waals surface area contributed by atoms with Gasteiger partial charge in [0, 0.05) is 6.54 Å². The van der Waals surface area contributed by atoms with Gasteiger partial charge in [0.15, 0.2) is 0 Å². The molecule has 1 saturated heterocycles. The van der Waals surface area contributed by atoms with E-state index in [0.717, 1.165) is 5.56 Å². The standard InChI is InChI=1S/C17H24N2O2/c20-17-16(14-7-3-1-4-8-14)18-13-19(17)11-12-21-15-9-5-2-6-10-15/h1,3-4,7-8,15-16,18H,2,5-6,9-13H2. The summed E-state index contributed by atoms with van der Waals surface area (Å²) in [6.07, 6.45) is 6.68. The summed E-state index contributed by atoms with van der Waals surface area (Å²) in [5.74, 6) is 0.161. The first kappa shape index (κ1) is 14.5. The Bertz CT molecular complexity index is 457. The molecule has 0 bridgehead atoms. The molecule has 1 saturated carbocycles. The van der Waals surface area contributed by atoms with Crippen LogP contribution in [0.25, 0.3) is 0 Å². The Morgan fingerprint density at radius 3 is 2.67 bits per heavy atom. The Morgan fingerprint density at radius 2 is 1.90 bits per heavy atom. The summed E-state index contributed by atoms with van der Waals surface area (Å²) >= 11 is 0. The lowest BCUT2D eigenvalue weighted by Crippen LogP contribution is -2.32. The van der Waals surface area contributed by atoms with Crippen molar-refractivity contribution in [2.45, 2.75) is 44.2 Å². The molecule has 21 heavy (non-hydrogen) atoms. The molecule has 1 aliphatic heterocycles. The number of benzene rings is 1. The van der Waals surface area contributed by atoms with Crippen LogP contribution in [0.2, 0.25) is 0 Å².